The Morgan fingerprint density at radius 1 is 1.18 bits per heavy atom. The average Bonchev–Trinajstić information content (AvgIpc) is 3.38. The monoisotopic (exact) mass is 400 g/mol. The van der Waals surface area contributed by atoms with E-state index in [-0.39, 0.29) is 30.7 Å². The number of aliphatic hydroxyl groups excluding tert-OH is 1. The Hall–Kier alpha value is -2.24. The van der Waals surface area contributed by atoms with Gasteiger partial charge in [0.15, 0.2) is 11.7 Å². The van der Waals surface area contributed by atoms with Crippen LogP contribution in [0.1, 0.15) is 33.6 Å². The number of rotatable bonds is 12. The number of aliphatic hydroxyl groups is 1. The number of epoxide rings is 1. The fourth-order valence-corrected chi connectivity index (χ4v) is 2.43. The predicted molar refractivity (Wildman–Crippen MR) is 103 cm³/mol. The van der Waals surface area contributed by atoms with Crippen LogP contribution < -0.4 is 27.8 Å². The van der Waals surface area contributed by atoms with Gasteiger partial charge in [0.25, 0.3) is 0 Å². The van der Waals surface area contributed by atoms with E-state index in [4.69, 9.17) is 21.9 Å². The van der Waals surface area contributed by atoms with Gasteiger partial charge in [0.2, 0.25) is 11.8 Å². The number of ketones is 1. The largest absolute Gasteiger partial charge is 0.394 e. The van der Waals surface area contributed by atoms with Crippen LogP contribution in [0.2, 0.25) is 0 Å². The highest BCUT2D eigenvalue weighted by molar-refractivity contribution is 5.98. The molecule has 0 spiro atoms. The molecule has 28 heavy (non-hydrogen) atoms. The Kier molecular flexibility index (Phi) is 8.79. The van der Waals surface area contributed by atoms with Gasteiger partial charge in [-0.3, -0.25) is 19.4 Å². The number of nitrogens with two attached hydrogens (primary N) is 3. The zero-order valence-electron chi connectivity index (χ0n) is 16.6. The molecule has 0 radical (unpaired) electrons. The third kappa shape index (κ3) is 7.06. The summed E-state index contributed by atoms with van der Waals surface area (Å²) in [5, 5.41) is 14.5. The molecule has 1 heterocycles. The molecule has 160 valence electrons. The second-order valence-corrected chi connectivity index (χ2v) is 7.41. The molecule has 0 aromatic heterocycles. The molecule has 0 aliphatic carbocycles. The van der Waals surface area contributed by atoms with Crippen molar-refractivity contribution >= 4 is 23.6 Å². The lowest BCUT2D eigenvalue weighted by Gasteiger charge is -2.24. The van der Waals surface area contributed by atoms with Crippen molar-refractivity contribution in [1.29, 1.82) is 0 Å². The van der Waals surface area contributed by atoms with E-state index >= 15 is 0 Å². The molecule has 9 N–H and O–H groups in total. The summed E-state index contributed by atoms with van der Waals surface area (Å²) in [6.45, 7) is 5.10. The van der Waals surface area contributed by atoms with E-state index in [0.717, 1.165) is 0 Å². The third-order valence-electron chi connectivity index (χ3n) is 4.51. The fraction of sp³-hybridized carbons (Fsp3) is 0.765. The van der Waals surface area contributed by atoms with Gasteiger partial charge in [-0.15, -0.1) is 0 Å². The summed E-state index contributed by atoms with van der Waals surface area (Å²) in [7, 11) is 0. The summed E-state index contributed by atoms with van der Waals surface area (Å²) in [6, 6.07) is -2.91. The van der Waals surface area contributed by atoms with E-state index in [9.17, 15) is 19.5 Å². The van der Waals surface area contributed by atoms with E-state index < -0.39 is 42.1 Å². The summed E-state index contributed by atoms with van der Waals surface area (Å²) in [5.74, 6) is -1.73. The minimum absolute atomic E-state index is 0.0612. The maximum Gasteiger partial charge on any atom is 0.245 e. The molecule has 4 unspecified atom stereocenters. The molecule has 1 saturated heterocycles. The minimum atomic E-state index is -1.22. The molecular formula is C17H32N6O5. The average molecular weight is 400 g/mol. The molecule has 4 atom stereocenters. The van der Waals surface area contributed by atoms with Crippen LogP contribution in [0.25, 0.3) is 0 Å². The van der Waals surface area contributed by atoms with Crippen LogP contribution in [0.15, 0.2) is 4.99 Å². The Morgan fingerprint density at radius 3 is 2.21 bits per heavy atom. The molecule has 1 aliphatic heterocycles. The molecule has 0 saturated carbocycles. The molecule has 11 nitrogen and oxygen atoms in total. The highest BCUT2D eigenvalue weighted by atomic mass is 16.6. The van der Waals surface area contributed by atoms with Crippen molar-refractivity contribution in [3.8, 4) is 0 Å². The van der Waals surface area contributed by atoms with Crippen LogP contribution in [-0.2, 0) is 19.1 Å². The number of nitrogens with one attached hydrogen (secondary N) is 2. The molecule has 1 rings (SSSR count). The third-order valence-corrected chi connectivity index (χ3v) is 4.51. The predicted octanol–water partition coefficient (Wildman–Crippen LogP) is -2.66. The highest BCUT2D eigenvalue weighted by Crippen LogP contribution is 2.29. The van der Waals surface area contributed by atoms with Gasteiger partial charge in [0.1, 0.15) is 11.6 Å². The van der Waals surface area contributed by atoms with Crippen LogP contribution in [0, 0.1) is 5.92 Å². The number of guanidine groups is 1. The zero-order valence-corrected chi connectivity index (χ0v) is 16.6. The standard InChI is InChI=1S/C17H32N6O5/c1-9(2)12(18)15(27)23-11(7-24)14(26)22-10(5-4-6-21-16(19)20)13(25)17(3)8-28-17/h9-12,24H,4-8,18H2,1-3H3,(H,22,26)(H,23,27)(H4,19,20,21). The molecule has 2 amide bonds. The maximum absolute atomic E-state index is 12.6. The Bertz CT molecular complexity index is 601. The van der Waals surface area contributed by atoms with Crippen molar-refractivity contribution in [2.75, 3.05) is 19.8 Å². The number of carbonyl (C=O) groups is 3. The van der Waals surface area contributed by atoms with Crippen molar-refractivity contribution in [1.82, 2.24) is 10.6 Å². The molecule has 0 bridgehead atoms. The smallest absolute Gasteiger partial charge is 0.245 e. The quantitative estimate of drug-likeness (QED) is 0.0882. The van der Waals surface area contributed by atoms with Crippen molar-refractivity contribution in [2.45, 2.75) is 57.3 Å². The number of hydrogen-bond donors (Lipinski definition) is 6. The van der Waals surface area contributed by atoms with Crippen LogP contribution in [0.3, 0.4) is 0 Å². The van der Waals surface area contributed by atoms with Gasteiger partial charge < -0.3 is 37.7 Å². The van der Waals surface area contributed by atoms with E-state index in [1.54, 1.807) is 20.8 Å². The number of ether oxygens (including phenoxy) is 1. The Morgan fingerprint density at radius 2 is 1.75 bits per heavy atom. The van der Waals surface area contributed by atoms with Crippen LogP contribution in [0.4, 0.5) is 0 Å². The first kappa shape index (κ1) is 23.8. The van der Waals surface area contributed by atoms with Gasteiger partial charge in [0, 0.05) is 6.54 Å². The number of nitrogens with zero attached hydrogens (tertiary/aromatic N) is 1. The molecular weight excluding hydrogens is 368 g/mol. The number of amides is 2. The highest BCUT2D eigenvalue weighted by Gasteiger charge is 2.50. The van der Waals surface area contributed by atoms with Crippen molar-refractivity contribution in [3.05, 3.63) is 0 Å². The summed E-state index contributed by atoms with van der Waals surface area (Å²) in [4.78, 5) is 41.1. The first-order chi connectivity index (χ1) is 13.0. The van der Waals surface area contributed by atoms with Gasteiger partial charge in [0.05, 0.1) is 25.3 Å². The molecule has 11 heteroatoms. The lowest BCUT2D eigenvalue weighted by molar-refractivity contribution is -0.134. The van der Waals surface area contributed by atoms with E-state index in [2.05, 4.69) is 15.6 Å². The van der Waals surface area contributed by atoms with Gasteiger partial charge in [-0.2, -0.15) is 0 Å². The lowest BCUT2D eigenvalue weighted by atomic mass is 9.96. The SMILES string of the molecule is CC(C)C(N)C(=O)NC(CO)C(=O)NC(CCCN=C(N)N)C(=O)C1(C)CO1. The van der Waals surface area contributed by atoms with Crippen LogP contribution in [0.5, 0.6) is 0 Å². The van der Waals surface area contributed by atoms with Gasteiger partial charge in [-0.05, 0) is 25.7 Å². The topological polar surface area (TPSA) is 198 Å². The summed E-state index contributed by atoms with van der Waals surface area (Å²) in [6.07, 6.45) is 0.719. The molecule has 0 aromatic rings. The fourth-order valence-electron chi connectivity index (χ4n) is 2.43. The number of carbonyl (C=O) groups excluding carboxylic acids is 3. The van der Waals surface area contributed by atoms with Crippen LogP contribution in [-0.4, -0.2) is 72.1 Å². The summed E-state index contributed by atoms with van der Waals surface area (Å²) >= 11 is 0. The number of aliphatic imine (C=N–C) groups is 1. The van der Waals surface area contributed by atoms with Crippen molar-refractivity contribution in [3.63, 3.8) is 0 Å². The first-order valence-electron chi connectivity index (χ1n) is 9.22. The van der Waals surface area contributed by atoms with Crippen LogP contribution >= 0.6 is 0 Å². The van der Waals surface area contributed by atoms with Gasteiger partial charge in [-0.25, -0.2) is 0 Å². The maximum atomic E-state index is 12.6. The molecule has 1 fully saturated rings. The second-order valence-electron chi connectivity index (χ2n) is 7.41. The Labute approximate surface area is 164 Å². The van der Waals surface area contributed by atoms with Gasteiger partial charge in [-0.1, -0.05) is 13.8 Å². The molecule has 1 aliphatic rings. The first-order valence-corrected chi connectivity index (χ1v) is 9.22. The zero-order chi connectivity index (χ0) is 21.5. The normalized spacial score (nSPS) is 21.4. The van der Waals surface area contributed by atoms with Crippen molar-refractivity contribution in [2.24, 2.45) is 28.1 Å². The van der Waals surface area contributed by atoms with E-state index in [1.165, 1.54) is 0 Å². The van der Waals surface area contributed by atoms with Crippen molar-refractivity contribution < 1.29 is 24.2 Å². The second kappa shape index (κ2) is 10.3. The van der Waals surface area contributed by atoms with E-state index in [0.29, 0.717) is 13.0 Å². The number of Topliss-reactive ketones (excluding diaryl/α,β-unsaturated/α-hetero) is 1. The summed E-state index contributed by atoms with van der Waals surface area (Å²) < 4.78 is 5.17. The van der Waals surface area contributed by atoms with Gasteiger partial charge >= 0.3 is 0 Å². The van der Waals surface area contributed by atoms with E-state index in [1.807, 2.05) is 0 Å². The summed E-state index contributed by atoms with van der Waals surface area (Å²) in [5.41, 5.74) is 15.4. The number of hydrogen-bond acceptors (Lipinski definition) is 7. The lowest BCUT2D eigenvalue weighted by Crippen LogP contribution is -2.57. The Balaban J connectivity index is 2.75. The minimum Gasteiger partial charge on any atom is -0.394 e. The molecule has 0 aromatic carbocycles.